The third kappa shape index (κ3) is 1.66. The fraction of sp³-hybridized carbons (Fsp3) is 0.0833. The second-order valence-electron chi connectivity index (χ2n) is 3.63. The number of rotatable bonds is 0. The first kappa shape index (κ1) is 11.5. The molecule has 1 aliphatic heterocycles. The van der Waals surface area contributed by atoms with Crippen LogP contribution >= 0.6 is 12.4 Å². The number of fused-ring (bicyclic) bond motifs is 3. The highest BCUT2D eigenvalue weighted by Gasteiger charge is 2.18. The van der Waals surface area contributed by atoms with Crippen molar-refractivity contribution in [1.82, 2.24) is 4.98 Å². The number of carbonyl (C=O) groups is 1. The van der Waals surface area contributed by atoms with Crippen molar-refractivity contribution in [3.63, 3.8) is 0 Å². The molecule has 5 heteroatoms. The standard InChI is InChI=1S/C12H8N2O2.ClH/c15-9-3-5-13-11-7(9)1-2-8-10(16)4-6-14-12(8)11;/h1-3,5-6H,4H2,(H,13,15);1H. The minimum Gasteiger partial charge on any atom is -0.507 e. The number of nitrogens with zero attached hydrogens (tertiary/aromatic N) is 2. The lowest BCUT2D eigenvalue weighted by Crippen LogP contribution is -2.04. The summed E-state index contributed by atoms with van der Waals surface area (Å²) in [4.78, 5) is 20.0. The number of aromatic hydroxyl groups is 1. The Kier molecular flexibility index (Phi) is 2.81. The number of halogens is 1. The third-order valence-corrected chi connectivity index (χ3v) is 2.66. The molecule has 3 rings (SSSR count). The largest absolute Gasteiger partial charge is 0.507 e. The molecule has 0 radical (unpaired) electrons. The van der Waals surface area contributed by atoms with Crippen LogP contribution in [0.1, 0.15) is 16.8 Å². The number of carbonyl (C=O) groups excluding carboxylic acids is 1. The third-order valence-electron chi connectivity index (χ3n) is 2.66. The van der Waals surface area contributed by atoms with E-state index in [9.17, 15) is 9.90 Å². The monoisotopic (exact) mass is 248 g/mol. The number of hydrogen-bond acceptors (Lipinski definition) is 4. The van der Waals surface area contributed by atoms with Gasteiger partial charge >= 0.3 is 0 Å². The molecule has 86 valence electrons. The zero-order valence-corrected chi connectivity index (χ0v) is 9.57. The lowest BCUT2D eigenvalue weighted by atomic mass is 10.0. The molecule has 0 fully saturated rings. The summed E-state index contributed by atoms with van der Waals surface area (Å²) in [6.07, 6.45) is 3.42. The molecule has 1 aromatic heterocycles. The van der Waals surface area contributed by atoms with Crippen LogP contribution < -0.4 is 0 Å². The highest BCUT2D eigenvalue weighted by molar-refractivity contribution is 6.14. The zero-order valence-electron chi connectivity index (χ0n) is 8.75. The Morgan fingerprint density at radius 1 is 1.24 bits per heavy atom. The van der Waals surface area contributed by atoms with E-state index in [1.165, 1.54) is 12.3 Å². The van der Waals surface area contributed by atoms with E-state index in [4.69, 9.17) is 0 Å². The fourth-order valence-electron chi connectivity index (χ4n) is 1.87. The molecule has 0 bridgehead atoms. The number of Topliss-reactive ketones (excluding diaryl/α,β-unsaturated/α-hetero) is 1. The molecule has 0 amide bonds. The maximum Gasteiger partial charge on any atom is 0.170 e. The Hall–Kier alpha value is -1.94. The summed E-state index contributed by atoms with van der Waals surface area (Å²) in [6, 6.07) is 4.91. The van der Waals surface area contributed by atoms with E-state index < -0.39 is 0 Å². The summed E-state index contributed by atoms with van der Waals surface area (Å²) in [7, 11) is 0. The van der Waals surface area contributed by atoms with Crippen LogP contribution in [-0.4, -0.2) is 22.1 Å². The molecule has 1 aliphatic rings. The molecule has 2 aromatic rings. The molecule has 1 N–H and O–H groups in total. The minimum absolute atomic E-state index is 0. The number of hydrogen-bond donors (Lipinski definition) is 1. The maximum absolute atomic E-state index is 11.6. The number of aliphatic imine (C=N–C) groups is 1. The maximum atomic E-state index is 11.6. The van der Waals surface area contributed by atoms with Gasteiger partial charge < -0.3 is 5.11 Å². The van der Waals surface area contributed by atoms with E-state index >= 15 is 0 Å². The Morgan fingerprint density at radius 3 is 2.88 bits per heavy atom. The van der Waals surface area contributed by atoms with Crippen molar-refractivity contribution in [3.8, 4) is 5.75 Å². The molecule has 0 atom stereocenters. The summed E-state index contributed by atoms with van der Waals surface area (Å²) in [5, 5.41) is 10.3. The van der Waals surface area contributed by atoms with Gasteiger partial charge in [-0.2, -0.15) is 0 Å². The molecule has 0 unspecified atom stereocenters. The van der Waals surface area contributed by atoms with Gasteiger partial charge in [-0.15, -0.1) is 12.4 Å². The molecule has 0 spiro atoms. The summed E-state index contributed by atoms with van der Waals surface area (Å²) >= 11 is 0. The fourth-order valence-corrected chi connectivity index (χ4v) is 1.87. The summed E-state index contributed by atoms with van der Waals surface area (Å²) in [6.45, 7) is 0. The van der Waals surface area contributed by atoms with Crippen LogP contribution in [0.15, 0.2) is 29.4 Å². The molecule has 4 nitrogen and oxygen atoms in total. The Bertz CT molecular complexity index is 638. The predicted octanol–water partition coefficient (Wildman–Crippen LogP) is 2.65. The highest BCUT2D eigenvalue weighted by atomic mass is 35.5. The van der Waals surface area contributed by atoms with E-state index in [-0.39, 0.29) is 23.9 Å². The quantitative estimate of drug-likeness (QED) is 0.780. The topological polar surface area (TPSA) is 62.5 Å². The normalized spacial score (nSPS) is 13.3. The van der Waals surface area contributed by atoms with E-state index in [0.29, 0.717) is 28.6 Å². The second kappa shape index (κ2) is 4.14. The van der Waals surface area contributed by atoms with Crippen LogP contribution in [0.4, 0.5) is 5.69 Å². The van der Waals surface area contributed by atoms with E-state index in [0.717, 1.165) is 0 Å². The average molecular weight is 249 g/mol. The SMILES string of the molecule is Cl.O=C1CC=Nc2c1ccc1c(O)ccnc21. The van der Waals surface area contributed by atoms with Gasteiger partial charge in [0.2, 0.25) is 0 Å². The van der Waals surface area contributed by atoms with Gasteiger partial charge in [0.25, 0.3) is 0 Å². The molecule has 0 saturated carbocycles. The Balaban J connectivity index is 0.00000108. The van der Waals surface area contributed by atoms with Crippen LogP contribution in [0.25, 0.3) is 10.9 Å². The first-order chi connectivity index (χ1) is 7.77. The van der Waals surface area contributed by atoms with Crippen molar-refractivity contribution in [3.05, 3.63) is 30.0 Å². The van der Waals surface area contributed by atoms with Gasteiger partial charge in [0.15, 0.2) is 5.78 Å². The first-order valence-corrected chi connectivity index (χ1v) is 4.94. The van der Waals surface area contributed by atoms with Gasteiger partial charge in [-0.1, -0.05) is 0 Å². The van der Waals surface area contributed by atoms with E-state index in [1.54, 1.807) is 18.3 Å². The van der Waals surface area contributed by atoms with Gasteiger partial charge in [-0.05, 0) is 18.2 Å². The number of pyridine rings is 1. The van der Waals surface area contributed by atoms with Crippen molar-refractivity contribution in [1.29, 1.82) is 0 Å². The van der Waals surface area contributed by atoms with Crippen molar-refractivity contribution in [2.75, 3.05) is 0 Å². The first-order valence-electron chi connectivity index (χ1n) is 4.94. The average Bonchev–Trinajstić information content (AvgIpc) is 2.30. The molecule has 17 heavy (non-hydrogen) atoms. The number of ketones is 1. The zero-order chi connectivity index (χ0) is 11.1. The van der Waals surface area contributed by atoms with Crippen molar-refractivity contribution >= 4 is 41.0 Å². The van der Waals surface area contributed by atoms with Gasteiger partial charge in [0.05, 0.1) is 5.69 Å². The van der Waals surface area contributed by atoms with Gasteiger partial charge in [0, 0.05) is 29.8 Å². The number of aromatic nitrogens is 1. The van der Waals surface area contributed by atoms with Crippen LogP contribution in [-0.2, 0) is 0 Å². The van der Waals surface area contributed by atoms with Crippen molar-refractivity contribution in [2.45, 2.75) is 6.42 Å². The molecular formula is C12H9ClN2O2. The van der Waals surface area contributed by atoms with Crippen LogP contribution in [0.3, 0.4) is 0 Å². The predicted molar refractivity (Wildman–Crippen MR) is 67.8 cm³/mol. The van der Waals surface area contributed by atoms with Crippen LogP contribution in [0.5, 0.6) is 5.75 Å². The van der Waals surface area contributed by atoms with Crippen LogP contribution in [0, 0.1) is 0 Å². The van der Waals surface area contributed by atoms with Gasteiger partial charge in [-0.25, -0.2) is 0 Å². The number of benzene rings is 1. The summed E-state index contributed by atoms with van der Waals surface area (Å²) in [5.41, 5.74) is 1.71. The van der Waals surface area contributed by atoms with Gasteiger partial charge in [-0.3, -0.25) is 14.8 Å². The molecule has 0 aliphatic carbocycles. The Labute approximate surface area is 103 Å². The van der Waals surface area contributed by atoms with Crippen LogP contribution in [0.2, 0.25) is 0 Å². The molecule has 0 saturated heterocycles. The lowest BCUT2D eigenvalue weighted by Gasteiger charge is -2.11. The van der Waals surface area contributed by atoms with Gasteiger partial charge in [0.1, 0.15) is 11.3 Å². The minimum atomic E-state index is 0. The highest BCUT2D eigenvalue weighted by Crippen LogP contribution is 2.34. The summed E-state index contributed by atoms with van der Waals surface area (Å²) < 4.78 is 0. The molecule has 2 heterocycles. The summed E-state index contributed by atoms with van der Waals surface area (Å²) in [5.74, 6) is 0.193. The van der Waals surface area contributed by atoms with Crippen molar-refractivity contribution < 1.29 is 9.90 Å². The Morgan fingerprint density at radius 2 is 2.06 bits per heavy atom. The van der Waals surface area contributed by atoms with E-state index in [1.807, 2.05) is 0 Å². The second-order valence-corrected chi connectivity index (χ2v) is 3.63. The van der Waals surface area contributed by atoms with E-state index in [2.05, 4.69) is 9.98 Å². The lowest BCUT2D eigenvalue weighted by molar-refractivity contribution is 0.100. The van der Waals surface area contributed by atoms with Crippen molar-refractivity contribution in [2.24, 2.45) is 4.99 Å². The smallest absolute Gasteiger partial charge is 0.170 e. The molecule has 1 aromatic carbocycles. The molecular weight excluding hydrogens is 240 g/mol.